The standard InChI is InChI=1S/C17H17FN4O2S/c1-3-13(17(23)24-4-2)25-15-9-8-14-19-20-16(22(14)21-15)11-6-5-7-12(18)10-11/h5-10,13H,3-4H2,1-2H3. The molecule has 0 bridgehead atoms. The highest BCUT2D eigenvalue weighted by Gasteiger charge is 2.20. The van der Waals surface area contributed by atoms with Crippen molar-refractivity contribution >= 4 is 23.4 Å². The minimum absolute atomic E-state index is 0.258. The van der Waals surface area contributed by atoms with Gasteiger partial charge in [-0.2, -0.15) is 9.61 Å². The van der Waals surface area contributed by atoms with E-state index in [-0.39, 0.29) is 17.0 Å². The van der Waals surface area contributed by atoms with Crippen LogP contribution < -0.4 is 0 Å². The average molecular weight is 360 g/mol. The molecule has 0 saturated heterocycles. The molecule has 0 aliphatic rings. The van der Waals surface area contributed by atoms with Crippen molar-refractivity contribution in [2.24, 2.45) is 0 Å². The number of fused-ring (bicyclic) bond motifs is 1. The first-order chi connectivity index (χ1) is 12.1. The van der Waals surface area contributed by atoms with Crippen LogP contribution in [-0.4, -0.2) is 37.6 Å². The number of benzene rings is 1. The van der Waals surface area contributed by atoms with Gasteiger partial charge in [-0.1, -0.05) is 30.8 Å². The molecule has 130 valence electrons. The van der Waals surface area contributed by atoms with E-state index in [4.69, 9.17) is 4.74 Å². The molecule has 1 aromatic carbocycles. The van der Waals surface area contributed by atoms with Crippen LogP contribution in [-0.2, 0) is 9.53 Å². The van der Waals surface area contributed by atoms with Gasteiger partial charge in [0.15, 0.2) is 11.5 Å². The molecule has 0 aliphatic carbocycles. The van der Waals surface area contributed by atoms with Gasteiger partial charge in [0.05, 0.1) is 6.61 Å². The lowest BCUT2D eigenvalue weighted by atomic mass is 10.2. The number of esters is 1. The van der Waals surface area contributed by atoms with Gasteiger partial charge in [0.1, 0.15) is 16.1 Å². The second-order valence-corrected chi connectivity index (χ2v) is 6.47. The summed E-state index contributed by atoms with van der Waals surface area (Å²) in [6.07, 6.45) is 0.627. The minimum atomic E-state index is -0.354. The summed E-state index contributed by atoms with van der Waals surface area (Å²) in [7, 11) is 0. The van der Waals surface area contributed by atoms with E-state index in [0.29, 0.717) is 35.1 Å². The van der Waals surface area contributed by atoms with Crippen molar-refractivity contribution in [1.29, 1.82) is 0 Å². The molecule has 8 heteroatoms. The fraction of sp³-hybridized carbons (Fsp3) is 0.294. The highest BCUT2D eigenvalue weighted by atomic mass is 32.2. The number of rotatable bonds is 6. The van der Waals surface area contributed by atoms with Gasteiger partial charge in [-0.3, -0.25) is 4.79 Å². The number of ether oxygens (including phenoxy) is 1. The van der Waals surface area contributed by atoms with Gasteiger partial charge in [0.2, 0.25) is 0 Å². The van der Waals surface area contributed by atoms with E-state index in [0.717, 1.165) is 0 Å². The molecule has 3 aromatic rings. The minimum Gasteiger partial charge on any atom is -0.465 e. The van der Waals surface area contributed by atoms with E-state index in [2.05, 4.69) is 15.3 Å². The van der Waals surface area contributed by atoms with Crippen molar-refractivity contribution < 1.29 is 13.9 Å². The zero-order chi connectivity index (χ0) is 17.8. The summed E-state index contributed by atoms with van der Waals surface area (Å²) in [6, 6.07) is 9.65. The second-order valence-electron chi connectivity index (χ2n) is 5.24. The second kappa shape index (κ2) is 7.60. The molecule has 1 unspecified atom stereocenters. The van der Waals surface area contributed by atoms with E-state index >= 15 is 0 Å². The fourth-order valence-electron chi connectivity index (χ4n) is 2.32. The number of carbonyl (C=O) groups is 1. The Bertz CT molecular complexity index is 899. The SMILES string of the molecule is CCOC(=O)C(CC)Sc1ccc2nnc(-c3cccc(F)c3)n2n1. The number of thioether (sulfide) groups is 1. The number of carbonyl (C=O) groups excluding carboxylic acids is 1. The molecular weight excluding hydrogens is 343 g/mol. The molecule has 0 radical (unpaired) electrons. The molecule has 2 heterocycles. The molecule has 1 atom stereocenters. The number of halogens is 1. The maximum Gasteiger partial charge on any atom is 0.319 e. The van der Waals surface area contributed by atoms with Gasteiger partial charge in [0, 0.05) is 5.56 Å². The third kappa shape index (κ3) is 3.79. The molecule has 3 rings (SSSR count). The Morgan fingerprint density at radius 3 is 2.84 bits per heavy atom. The molecular formula is C17H17FN4O2S. The molecule has 6 nitrogen and oxygen atoms in total. The largest absolute Gasteiger partial charge is 0.465 e. The summed E-state index contributed by atoms with van der Waals surface area (Å²) in [6.45, 7) is 4.05. The van der Waals surface area contributed by atoms with Gasteiger partial charge in [0.25, 0.3) is 0 Å². The van der Waals surface area contributed by atoms with Crippen LogP contribution in [0.4, 0.5) is 4.39 Å². The molecule has 0 fully saturated rings. The Balaban J connectivity index is 1.94. The van der Waals surface area contributed by atoms with Gasteiger partial charge in [-0.25, -0.2) is 4.39 Å². The predicted octanol–water partition coefficient (Wildman–Crippen LogP) is 3.36. The molecule has 0 saturated carbocycles. The first-order valence-electron chi connectivity index (χ1n) is 7.94. The summed E-state index contributed by atoms with van der Waals surface area (Å²) in [5, 5.41) is 13.0. The van der Waals surface area contributed by atoms with Crippen LogP contribution in [0.1, 0.15) is 20.3 Å². The maximum absolute atomic E-state index is 13.5. The highest BCUT2D eigenvalue weighted by molar-refractivity contribution is 8.00. The first kappa shape index (κ1) is 17.3. The number of hydrogen-bond donors (Lipinski definition) is 0. The number of aromatic nitrogens is 4. The quantitative estimate of drug-likeness (QED) is 0.496. The predicted molar refractivity (Wildman–Crippen MR) is 92.7 cm³/mol. The van der Waals surface area contributed by atoms with Gasteiger partial charge >= 0.3 is 5.97 Å². The van der Waals surface area contributed by atoms with Crippen molar-refractivity contribution in [2.45, 2.75) is 30.5 Å². The Labute approximate surface area is 148 Å². The lowest BCUT2D eigenvalue weighted by Gasteiger charge is -2.12. The Kier molecular flexibility index (Phi) is 5.28. The number of nitrogens with zero attached hydrogens (tertiary/aromatic N) is 4. The van der Waals surface area contributed by atoms with Crippen LogP contribution in [0.25, 0.3) is 17.0 Å². The van der Waals surface area contributed by atoms with Gasteiger partial charge in [-0.15, -0.1) is 10.2 Å². The van der Waals surface area contributed by atoms with Crippen LogP contribution in [0.3, 0.4) is 0 Å². The summed E-state index contributed by atoms with van der Waals surface area (Å²) < 4.78 is 20.1. The third-order valence-electron chi connectivity index (χ3n) is 3.50. The van der Waals surface area contributed by atoms with Crippen LogP contribution in [0.2, 0.25) is 0 Å². The fourth-order valence-corrected chi connectivity index (χ4v) is 3.22. The topological polar surface area (TPSA) is 69.4 Å². The lowest BCUT2D eigenvalue weighted by Crippen LogP contribution is -2.19. The zero-order valence-electron chi connectivity index (χ0n) is 13.8. The molecule has 2 aromatic heterocycles. The lowest BCUT2D eigenvalue weighted by molar-refractivity contribution is -0.142. The first-order valence-corrected chi connectivity index (χ1v) is 8.82. The molecule has 0 amide bonds. The van der Waals surface area contributed by atoms with E-state index < -0.39 is 0 Å². The van der Waals surface area contributed by atoms with E-state index in [1.807, 2.05) is 6.92 Å². The van der Waals surface area contributed by atoms with Crippen molar-refractivity contribution in [3.05, 3.63) is 42.2 Å². The summed E-state index contributed by atoms with van der Waals surface area (Å²) >= 11 is 1.33. The summed E-state index contributed by atoms with van der Waals surface area (Å²) in [5.41, 5.74) is 1.13. The van der Waals surface area contributed by atoms with Crippen molar-refractivity contribution in [1.82, 2.24) is 19.8 Å². The van der Waals surface area contributed by atoms with Crippen LogP contribution in [0.15, 0.2) is 41.4 Å². The van der Waals surface area contributed by atoms with Crippen LogP contribution in [0.5, 0.6) is 0 Å². The van der Waals surface area contributed by atoms with Gasteiger partial charge in [-0.05, 0) is 37.6 Å². The monoisotopic (exact) mass is 360 g/mol. The van der Waals surface area contributed by atoms with Crippen molar-refractivity contribution in [2.75, 3.05) is 6.61 Å². The van der Waals surface area contributed by atoms with Gasteiger partial charge < -0.3 is 4.74 Å². The number of hydrogen-bond acceptors (Lipinski definition) is 6. The zero-order valence-corrected chi connectivity index (χ0v) is 14.7. The van der Waals surface area contributed by atoms with Crippen molar-refractivity contribution in [3.63, 3.8) is 0 Å². The Hall–Kier alpha value is -2.48. The maximum atomic E-state index is 13.5. The third-order valence-corrected chi connectivity index (χ3v) is 4.77. The Morgan fingerprint density at radius 2 is 2.12 bits per heavy atom. The molecule has 0 spiro atoms. The van der Waals surface area contributed by atoms with E-state index in [9.17, 15) is 9.18 Å². The summed E-state index contributed by atoms with van der Waals surface area (Å²) in [4.78, 5) is 12.0. The smallest absolute Gasteiger partial charge is 0.319 e. The molecule has 0 aliphatic heterocycles. The average Bonchev–Trinajstić information content (AvgIpc) is 3.03. The normalized spacial score (nSPS) is 12.3. The molecule has 25 heavy (non-hydrogen) atoms. The van der Waals surface area contributed by atoms with Crippen LogP contribution in [0, 0.1) is 5.82 Å². The van der Waals surface area contributed by atoms with E-state index in [1.54, 1.807) is 35.7 Å². The van der Waals surface area contributed by atoms with Crippen molar-refractivity contribution in [3.8, 4) is 11.4 Å². The summed E-state index contributed by atoms with van der Waals surface area (Å²) in [5.74, 6) is -0.166. The molecule has 0 N–H and O–H groups in total. The van der Waals surface area contributed by atoms with E-state index in [1.165, 1.54) is 23.9 Å². The van der Waals surface area contributed by atoms with Crippen LogP contribution >= 0.6 is 11.8 Å². The highest BCUT2D eigenvalue weighted by Crippen LogP contribution is 2.26. The Morgan fingerprint density at radius 1 is 1.28 bits per heavy atom.